The van der Waals surface area contributed by atoms with Gasteiger partial charge in [-0.05, 0) is 36.8 Å². The molecule has 148 valence electrons. The highest BCUT2D eigenvalue weighted by atomic mass is 32.2. The van der Waals surface area contributed by atoms with Crippen LogP contribution in [0.25, 0.3) is 0 Å². The zero-order chi connectivity index (χ0) is 20.0. The monoisotopic (exact) mass is 397 g/mol. The molecule has 0 bridgehead atoms. The van der Waals surface area contributed by atoms with Crippen molar-refractivity contribution in [3.8, 4) is 5.75 Å². The normalized spacial score (nSPS) is 12.0. The predicted molar refractivity (Wildman–Crippen MR) is 99.5 cm³/mol. The molecule has 0 aliphatic heterocycles. The zero-order valence-corrected chi connectivity index (χ0v) is 16.6. The number of halogens is 1. The topological polar surface area (TPSA) is 65.1 Å². The quantitative estimate of drug-likeness (QED) is 0.609. The maximum atomic E-state index is 13.7. The summed E-state index contributed by atoms with van der Waals surface area (Å²) < 4.78 is 56.5. The minimum atomic E-state index is -3.82. The van der Waals surface area contributed by atoms with E-state index >= 15 is 0 Å². The Labute approximate surface area is 159 Å². The Morgan fingerprint density at radius 2 is 1.67 bits per heavy atom. The van der Waals surface area contributed by atoms with Gasteiger partial charge in [-0.2, -0.15) is 4.31 Å². The van der Waals surface area contributed by atoms with Crippen molar-refractivity contribution >= 4 is 10.0 Å². The molecule has 0 saturated heterocycles. The molecule has 0 aliphatic carbocycles. The molecule has 2 rings (SSSR count). The Hall–Kier alpha value is -2.00. The van der Waals surface area contributed by atoms with Crippen LogP contribution in [0.2, 0.25) is 0 Å². The van der Waals surface area contributed by atoms with Gasteiger partial charge in [0.1, 0.15) is 0 Å². The van der Waals surface area contributed by atoms with Gasteiger partial charge in [0.25, 0.3) is 0 Å². The van der Waals surface area contributed by atoms with Gasteiger partial charge < -0.3 is 14.2 Å². The summed E-state index contributed by atoms with van der Waals surface area (Å²) in [5, 5.41) is 0. The lowest BCUT2D eigenvalue weighted by molar-refractivity contribution is -0.108. The van der Waals surface area contributed by atoms with Gasteiger partial charge >= 0.3 is 0 Å². The van der Waals surface area contributed by atoms with E-state index in [1.807, 2.05) is 6.92 Å². The van der Waals surface area contributed by atoms with Crippen molar-refractivity contribution in [1.29, 1.82) is 0 Å². The van der Waals surface area contributed by atoms with Gasteiger partial charge in [-0.1, -0.05) is 23.8 Å². The first kappa shape index (κ1) is 21.3. The fraction of sp³-hybridized carbons (Fsp3) is 0.368. The minimum absolute atomic E-state index is 0.00999. The molecule has 0 saturated carbocycles. The average molecular weight is 397 g/mol. The molecule has 8 heteroatoms. The number of rotatable bonds is 9. The van der Waals surface area contributed by atoms with E-state index in [9.17, 15) is 12.8 Å². The molecule has 0 fully saturated rings. The van der Waals surface area contributed by atoms with Crippen LogP contribution in [0.3, 0.4) is 0 Å². The van der Waals surface area contributed by atoms with E-state index in [-0.39, 0.29) is 23.7 Å². The summed E-state index contributed by atoms with van der Waals surface area (Å²) >= 11 is 0. The Bertz CT molecular complexity index is 851. The molecule has 0 amide bonds. The third-order valence-corrected chi connectivity index (χ3v) is 5.94. The second kappa shape index (κ2) is 9.27. The van der Waals surface area contributed by atoms with Crippen molar-refractivity contribution in [2.24, 2.45) is 0 Å². The van der Waals surface area contributed by atoms with Crippen LogP contribution >= 0.6 is 0 Å². The van der Waals surface area contributed by atoms with E-state index in [1.165, 1.54) is 43.8 Å². The summed E-state index contributed by atoms with van der Waals surface area (Å²) in [6.45, 7) is 1.86. The molecule has 0 spiro atoms. The van der Waals surface area contributed by atoms with Crippen molar-refractivity contribution in [3.05, 3.63) is 59.4 Å². The number of hydrogen-bond acceptors (Lipinski definition) is 5. The minimum Gasteiger partial charge on any atom is -0.494 e. The summed E-state index contributed by atoms with van der Waals surface area (Å²) in [5.41, 5.74) is 1.53. The third-order valence-electron chi connectivity index (χ3n) is 4.11. The lowest BCUT2D eigenvalue weighted by Crippen LogP contribution is -2.38. The van der Waals surface area contributed by atoms with E-state index in [0.717, 1.165) is 5.56 Å². The summed E-state index contributed by atoms with van der Waals surface area (Å²) in [6, 6.07) is 10.8. The molecule has 0 unspecified atom stereocenters. The maximum Gasteiger partial charge on any atom is 0.243 e. The molecule has 2 aromatic carbocycles. The van der Waals surface area contributed by atoms with Crippen LogP contribution in [0, 0.1) is 12.7 Å². The van der Waals surface area contributed by atoms with Gasteiger partial charge in [-0.3, -0.25) is 0 Å². The Morgan fingerprint density at radius 3 is 2.22 bits per heavy atom. The molecule has 6 nitrogen and oxygen atoms in total. The second-order valence-corrected chi connectivity index (χ2v) is 7.92. The highest BCUT2D eigenvalue weighted by Gasteiger charge is 2.28. The van der Waals surface area contributed by atoms with Gasteiger partial charge in [0.15, 0.2) is 17.9 Å². The molecule has 0 aromatic heterocycles. The van der Waals surface area contributed by atoms with Crippen molar-refractivity contribution in [2.45, 2.75) is 24.7 Å². The highest BCUT2D eigenvalue weighted by molar-refractivity contribution is 7.89. The molecule has 0 radical (unpaired) electrons. The first-order valence-electron chi connectivity index (χ1n) is 8.26. The SMILES string of the molecule is COc1cc(CN(CC(OC)OC)S(=O)(=O)c2ccc(C)cc2)ccc1F. The second-order valence-electron chi connectivity index (χ2n) is 5.98. The number of benzene rings is 2. The van der Waals surface area contributed by atoms with E-state index in [1.54, 1.807) is 24.3 Å². The van der Waals surface area contributed by atoms with Crippen LogP contribution in [0.4, 0.5) is 4.39 Å². The first-order valence-corrected chi connectivity index (χ1v) is 9.70. The van der Waals surface area contributed by atoms with E-state index < -0.39 is 22.1 Å². The summed E-state index contributed by atoms with van der Waals surface area (Å²) in [7, 11) is 0.406. The van der Waals surface area contributed by atoms with Crippen LogP contribution in [-0.2, 0) is 26.0 Å². The van der Waals surface area contributed by atoms with Gasteiger partial charge in [0.2, 0.25) is 10.0 Å². The van der Waals surface area contributed by atoms with Crippen molar-refractivity contribution in [1.82, 2.24) is 4.31 Å². The lowest BCUT2D eigenvalue weighted by Gasteiger charge is -2.26. The zero-order valence-electron chi connectivity index (χ0n) is 15.8. The standard InChI is InChI=1S/C19H24FNO5S/c1-14-5-8-16(9-6-14)27(22,23)21(13-19(25-3)26-4)12-15-7-10-17(20)18(11-15)24-2/h5-11,19H,12-13H2,1-4H3. The number of aryl methyl sites for hydroxylation is 1. The van der Waals surface area contributed by atoms with Gasteiger partial charge in [-0.15, -0.1) is 0 Å². The third kappa shape index (κ3) is 5.26. The van der Waals surface area contributed by atoms with Crippen LogP contribution in [0.1, 0.15) is 11.1 Å². The predicted octanol–water partition coefficient (Wildman–Crippen LogP) is 2.95. The molecule has 0 heterocycles. The van der Waals surface area contributed by atoms with Crippen molar-refractivity contribution < 1.29 is 27.0 Å². The maximum absolute atomic E-state index is 13.7. The number of ether oxygens (including phenoxy) is 3. The highest BCUT2D eigenvalue weighted by Crippen LogP contribution is 2.23. The molecule has 0 atom stereocenters. The summed E-state index contributed by atoms with van der Waals surface area (Å²) in [5.74, 6) is -0.462. The molecule has 2 aromatic rings. The van der Waals surface area contributed by atoms with Crippen LogP contribution < -0.4 is 4.74 Å². The number of hydrogen-bond donors (Lipinski definition) is 0. The van der Waals surface area contributed by atoms with Crippen LogP contribution in [-0.4, -0.2) is 46.9 Å². The van der Waals surface area contributed by atoms with E-state index in [2.05, 4.69) is 0 Å². The largest absolute Gasteiger partial charge is 0.494 e. The smallest absolute Gasteiger partial charge is 0.243 e. The molecule has 27 heavy (non-hydrogen) atoms. The Kier molecular flexibility index (Phi) is 7.32. The fourth-order valence-corrected chi connectivity index (χ4v) is 3.94. The van der Waals surface area contributed by atoms with E-state index in [4.69, 9.17) is 14.2 Å². The van der Waals surface area contributed by atoms with Crippen LogP contribution in [0.5, 0.6) is 5.75 Å². The molecule has 0 aliphatic rings. The van der Waals surface area contributed by atoms with Gasteiger partial charge in [0.05, 0.1) is 18.6 Å². The number of nitrogens with zero attached hydrogens (tertiary/aromatic N) is 1. The number of methoxy groups -OCH3 is 3. The summed E-state index contributed by atoms with van der Waals surface area (Å²) in [6.07, 6.45) is -0.743. The van der Waals surface area contributed by atoms with Gasteiger partial charge in [0, 0.05) is 20.8 Å². The molecule has 0 N–H and O–H groups in total. The lowest BCUT2D eigenvalue weighted by atomic mass is 10.2. The first-order chi connectivity index (χ1) is 12.8. The van der Waals surface area contributed by atoms with Crippen molar-refractivity contribution in [3.63, 3.8) is 0 Å². The average Bonchev–Trinajstić information content (AvgIpc) is 2.66. The van der Waals surface area contributed by atoms with Gasteiger partial charge in [-0.25, -0.2) is 12.8 Å². The number of sulfonamides is 1. The Morgan fingerprint density at radius 1 is 1.04 bits per heavy atom. The molecular formula is C19H24FNO5S. The van der Waals surface area contributed by atoms with Crippen LogP contribution in [0.15, 0.2) is 47.4 Å². The molecular weight excluding hydrogens is 373 g/mol. The van der Waals surface area contributed by atoms with Crippen molar-refractivity contribution in [2.75, 3.05) is 27.9 Å². The Balaban J connectivity index is 2.40. The fourth-order valence-electron chi connectivity index (χ4n) is 2.52. The van der Waals surface area contributed by atoms with E-state index in [0.29, 0.717) is 5.56 Å². The summed E-state index contributed by atoms with van der Waals surface area (Å²) in [4.78, 5) is 0.160.